The van der Waals surface area contributed by atoms with E-state index in [4.69, 9.17) is 20.7 Å². The molecular formula is C27H28FN5O2. The van der Waals surface area contributed by atoms with Gasteiger partial charge in [0.05, 0.1) is 12.3 Å². The summed E-state index contributed by atoms with van der Waals surface area (Å²) in [5.41, 5.74) is 3.12. The molecule has 3 N–H and O–H groups in total. The molecule has 2 atom stereocenters. The summed E-state index contributed by atoms with van der Waals surface area (Å²) < 4.78 is 26.0. The largest absolute Gasteiger partial charge is 0.493 e. The summed E-state index contributed by atoms with van der Waals surface area (Å²) in [5, 5.41) is 14.5. The lowest BCUT2D eigenvalue weighted by atomic mass is 10.0. The normalized spacial score (nSPS) is 18.7. The van der Waals surface area contributed by atoms with Gasteiger partial charge in [0.1, 0.15) is 35.5 Å². The molecule has 35 heavy (non-hydrogen) atoms. The molecule has 0 spiro atoms. The number of nitrogens with two attached hydrogens (primary N) is 1. The average molecular weight is 474 g/mol. The second-order valence-corrected chi connectivity index (χ2v) is 8.40. The van der Waals surface area contributed by atoms with Crippen molar-refractivity contribution in [1.29, 1.82) is 5.41 Å². The predicted molar refractivity (Wildman–Crippen MR) is 134 cm³/mol. The van der Waals surface area contributed by atoms with E-state index in [1.165, 1.54) is 0 Å². The maximum absolute atomic E-state index is 14.3. The van der Waals surface area contributed by atoms with Crippen molar-refractivity contribution in [3.8, 4) is 11.5 Å². The van der Waals surface area contributed by atoms with Crippen LogP contribution in [0.15, 0.2) is 89.3 Å². The molecule has 8 heteroatoms. The molecule has 1 aromatic carbocycles. The molecule has 2 aliphatic rings. The third kappa shape index (κ3) is 6.50. The Morgan fingerprint density at radius 3 is 2.69 bits per heavy atom. The highest BCUT2D eigenvalue weighted by atomic mass is 19.1. The molecule has 2 unspecified atom stereocenters. The minimum atomic E-state index is -0.225. The highest BCUT2D eigenvalue weighted by molar-refractivity contribution is 5.81. The van der Waals surface area contributed by atoms with E-state index in [1.807, 2.05) is 54.6 Å². The van der Waals surface area contributed by atoms with Crippen molar-refractivity contribution in [2.75, 3.05) is 6.61 Å². The fourth-order valence-electron chi connectivity index (χ4n) is 4.01. The van der Waals surface area contributed by atoms with Gasteiger partial charge < -0.3 is 15.3 Å². The number of hydrogen-bond acceptors (Lipinski definition) is 5. The second kappa shape index (κ2) is 11.4. The maximum atomic E-state index is 14.3. The second-order valence-electron chi connectivity index (χ2n) is 8.40. The standard InChI is InChI=1S/C27H28FN5O2/c1-2-3-4-5-18(14-26(29)32-33-30)12-13-34-21-7-9-22(10-8-21)35-17-20-6-11-23-24-15-19(24)16-25(28)27(23)31-20/h2-11,16,19,24H,1,12-15,17H2,(H3,29,30,32)/b4-3-,18-5+. The van der Waals surface area contributed by atoms with Crippen LogP contribution in [0.2, 0.25) is 0 Å². The number of nitrogens with zero attached hydrogens (tertiary/aromatic N) is 3. The Labute approximate surface area is 204 Å². The van der Waals surface area contributed by atoms with Gasteiger partial charge >= 0.3 is 0 Å². The maximum Gasteiger partial charge on any atom is 0.149 e. The Balaban J connectivity index is 1.27. The van der Waals surface area contributed by atoms with Crippen LogP contribution in [0.1, 0.15) is 42.1 Å². The van der Waals surface area contributed by atoms with Crippen LogP contribution in [-0.2, 0) is 6.61 Å². The van der Waals surface area contributed by atoms with Crippen LogP contribution in [0.5, 0.6) is 11.5 Å². The topological polar surface area (TPSA) is 106 Å². The smallest absolute Gasteiger partial charge is 0.149 e. The Morgan fingerprint density at radius 2 is 1.94 bits per heavy atom. The monoisotopic (exact) mass is 473 g/mol. The van der Waals surface area contributed by atoms with Gasteiger partial charge in [-0.15, -0.1) is 5.11 Å². The van der Waals surface area contributed by atoms with Crippen molar-refractivity contribution in [3.05, 3.63) is 95.9 Å². The summed E-state index contributed by atoms with van der Waals surface area (Å²) in [6, 6.07) is 11.2. The van der Waals surface area contributed by atoms with E-state index in [9.17, 15) is 4.39 Å². The molecule has 0 aliphatic heterocycles. The summed E-state index contributed by atoms with van der Waals surface area (Å²) >= 11 is 0. The lowest BCUT2D eigenvalue weighted by molar-refractivity contribution is 0.298. The van der Waals surface area contributed by atoms with Crippen LogP contribution in [0, 0.1) is 11.3 Å². The Morgan fingerprint density at radius 1 is 1.17 bits per heavy atom. The molecule has 1 saturated carbocycles. The van der Waals surface area contributed by atoms with Crippen molar-refractivity contribution < 1.29 is 13.9 Å². The average Bonchev–Trinajstić information content (AvgIpc) is 3.63. The zero-order chi connectivity index (χ0) is 24.6. The van der Waals surface area contributed by atoms with E-state index in [0.29, 0.717) is 54.2 Å². The molecule has 0 saturated heterocycles. The molecule has 1 aromatic heterocycles. The Bertz CT molecular complexity index is 1200. The quantitative estimate of drug-likeness (QED) is 0.101. The van der Waals surface area contributed by atoms with Crippen molar-refractivity contribution in [3.63, 3.8) is 0 Å². The molecule has 1 heterocycles. The van der Waals surface area contributed by atoms with Gasteiger partial charge in [0, 0.05) is 12.8 Å². The van der Waals surface area contributed by atoms with Crippen LogP contribution >= 0.6 is 0 Å². The molecular weight excluding hydrogens is 445 g/mol. The first kappa shape index (κ1) is 24.1. The molecule has 180 valence electrons. The van der Waals surface area contributed by atoms with Gasteiger partial charge in [-0.3, -0.25) is 5.41 Å². The molecule has 2 aliphatic carbocycles. The molecule has 1 fully saturated rings. The van der Waals surface area contributed by atoms with Gasteiger partial charge in [0.2, 0.25) is 0 Å². The molecule has 0 amide bonds. The van der Waals surface area contributed by atoms with Crippen molar-refractivity contribution in [2.24, 2.45) is 22.1 Å². The number of benzene rings is 1. The lowest BCUT2D eigenvalue weighted by Gasteiger charge is -2.13. The van der Waals surface area contributed by atoms with E-state index in [1.54, 1.807) is 12.2 Å². The van der Waals surface area contributed by atoms with Crippen LogP contribution in [0.4, 0.5) is 4.39 Å². The number of fused-ring (bicyclic) bond motifs is 3. The number of hydrogen-bond donors (Lipinski definition) is 2. The highest BCUT2D eigenvalue weighted by Crippen LogP contribution is 2.54. The summed E-state index contributed by atoms with van der Waals surface area (Å²) in [5.74, 6) is 7.03. The van der Waals surface area contributed by atoms with Crippen LogP contribution in [0.25, 0.3) is 5.83 Å². The number of rotatable bonds is 11. The van der Waals surface area contributed by atoms with Crippen molar-refractivity contribution in [1.82, 2.24) is 4.98 Å². The van der Waals surface area contributed by atoms with E-state index >= 15 is 0 Å². The fourth-order valence-corrected chi connectivity index (χ4v) is 4.01. The van der Waals surface area contributed by atoms with Crippen LogP contribution in [0.3, 0.4) is 0 Å². The number of aromatic nitrogens is 1. The minimum Gasteiger partial charge on any atom is -0.493 e. The summed E-state index contributed by atoms with van der Waals surface area (Å²) in [4.78, 5) is 4.48. The van der Waals surface area contributed by atoms with Crippen molar-refractivity contribution in [2.45, 2.75) is 31.8 Å². The van der Waals surface area contributed by atoms with Gasteiger partial charge in [-0.2, -0.15) is 0 Å². The van der Waals surface area contributed by atoms with Gasteiger partial charge in [0.25, 0.3) is 0 Å². The number of nitrogens with one attached hydrogen (secondary N) is 1. The van der Waals surface area contributed by atoms with Gasteiger partial charge in [-0.05, 0) is 60.2 Å². The van der Waals surface area contributed by atoms with E-state index in [-0.39, 0.29) is 18.3 Å². The summed E-state index contributed by atoms with van der Waals surface area (Å²) in [6.45, 7) is 4.34. The number of ether oxygens (including phenoxy) is 2. The van der Waals surface area contributed by atoms with E-state index < -0.39 is 0 Å². The number of amidine groups is 1. The Kier molecular flexibility index (Phi) is 7.82. The molecule has 0 bridgehead atoms. The zero-order valence-corrected chi connectivity index (χ0v) is 19.4. The molecule has 4 rings (SSSR count). The van der Waals surface area contributed by atoms with Crippen molar-refractivity contribution >= 4 is 11.7 Å². The zero-order valence-electron chi connectivity index (χ0n) is 19.4. The van der Waals surface area contributed by atoms with E-state index in [0.717, 1.165) is 17.6 Å². The van der Waals surface area contributed by atoms with Gasteiger partial charge in [-0.1, -0.05) is 47.7 Å². The first-order chi connectivity index (χ1) is 17.1. The molecule has 2 aromatic rings. The fraction of sp³-hybridized carbons (Fsp3) is 0.259. The number of pyridine rings is 1. The minimum absolute atomic E-state index is 0.0798. The summed E-state index contributed by atoms with van der Waals surface area (Å²) in [7, 11) is 0. The summed E-state index contributed by atoms with van der Waals surface area (Å²) in [6.07, 6.45) is 10.9. The van der Waals surface area contributed by atoms with E-state index in [2.05, 4.69) is 21.9 Å². The third-order valence-corrected chi connectivity index (χ3v) is 5.86. The molecule has 7 nitrogen and oxygen atoms in total. The Hall–Kier alpha value is -4.07. The van der Waals surface area contributed by atoms with Gasteiger partial charge in [-0.25, -0.2) is 9.37 Å². The van der Waals surface area contributed by atoms with Crippen LogP contribution in [-0.4, -0.2) is 17.4 Å². The SMILES string of the molecule is C=C/C=C\C=C(/CCOc1ccc(OCc2ccc3c(n2)C(F)=CC2CC32)cc1)CC(=N)N=NN. The predicted octanol–water partition coefficient (Wildman–Crippen LogP) is 6.22. The molecule has 0 radical (unpaired) electrons. The number of halogens is 1. The third-order valence-electron chi connectivity index (χ3n) is 5.86. The first-order valence-corrected chi connectivity index (χ1v) is 11.5. The number of allylic oxidation sites excluding steroid dienone is 5. The first-order valence-electron chi connectivity index (χ1n) is 11.5. The van der Waals surface area contributed by atoms with Gasteiger partial charge in [0.15, 0.2) is 0 Å². The van der Waals surface area contributed by atoms with Crippen LogP contribution < -0.4 is 15.3 Å². The highest BCUT2D eigenvalue weighted by Gasteiger charge is 2.42. The lowest BCUT2D eigenvalue weighted by Crippen LogP contribution is -2.05.